The van der Waals surface area contributed by atoms with E-state index in [-0.39, 0.29) is 19.1 Å². The molecule has 9 heteroatoms. The van der Waals surface area contributed by atoms with Crippen LogP contribution in [-0.4, -0.2) is 37.6 Å². The summed E-state index contributed by atoms with van der Waals surface area (Å²) in [5.74, 6) is 0.300. The summed E-state index contributed by atoms with van der Waals surface area (Å²) in [6.07, 6.45) is 0. The molecule has 0 aliphatic heterocycles. The van der Waals surface area contributed by atoms with Crippen LogP contribution < -0.4 is 14.8 Å². The third-order valence-corrected chi connectivity index (χ3v) is 5.46. The van der Waals surface area contributed by atoms with Crippen molar-refractivity contribution in [2.24, 2.45) is 0 Å². The fourth-order valence-electron chi connectivity index (χ4n) is 2.64. The number of carbonyl (C=O) groups is 2. The van der Waals surface area contributed by atoms with Crippen LogP contribution in [0, 0.1) is 0 Å². The van der Waals surface area contributed by atoms with Gasteiger partial charge in [0, 0.05) is 15.4 Å². The first kappa shape index (κ1) is 21.8. The van der Waals surface area contributed by atoms with Gasteiger partial charge in [0.1, 0.15) is 18.2 Å². The van der Waals surface area contributed by atoms with Crippen molar-refractivity contribution in [2.45, 2.75) is 6.61 Å². The van der Waals surface area contributed by atoms with E-state index in [9.17, 15) is 9.59 Å². The van der Waals surface area contributed by atoms with Gasteiger partial charge in [-0.15, -0.1) is 11.3 Å². The normalized spacial score (nSPS) is 10.4. The molecule has 2 aromatic carbocycles. The van der Waals surface area contributed by atoms with Crippen LogP contribution in [0.25, 0.3) is 10.6 Å². The summed E-state index contributed by atoms with van der Waals surface area (Å²) in [6.45, 7) is -0.222. The zero-order valence-electron chi connectivity index (χ0n) is 16.3. The van der Waals surface area contributed by atoms with E-state index in [0.717, 1.165) is 15.0 Å². The molecule has 30 heavy (non-hydrogen) atoms. The second kappa shape index (κ2) is 10.2. The fraction of sp³-hybridized carbons (Fsp3) is 0.190. The van der Waals surface area contributed by atoms with Gasteiger partial charge in [-0.05, 0) is 30.3 Å². The molecule has 1 heterocycles. The highest BCUT2D eigenvalue weighted by atomic mass is 79.9. The summed E-state index contributed by atoms with van der Waals surface area (Å²) in [7, 11) is 3.14. The first-order valence-corrected chi connectivity index (χ1v) is 10.5. The van der Waals surface area contributed by atoms with Gasteiger partial charge in [0.15, 0.2) is 11.5 Å². The van der Waals surface area contributed by atoms with Gasteiger partial charge in [0.25, 0.3) is 5.91 Å². The van der Waals surface area contributed by atoms with E-state index in [0.29, 0.717) is 22.8 Å². The monoisotopic (exact) mass is 490 g/mol. The maximum absolute atomic E-state index is 12.1. The second-order valence-electron chi connectivity index (χ2n) is 6.04. The average Bonchev–Trinajstić information content (AvgIpc) is 3.24. The van der Waals surface area contributed by atoms with Crippen molar-refractivity contribution >= 4 is 39.1 Å². The molecule has 1 aromatic heterocycles. The highest BCUT2D eigenvalue weighted by molar-refractivity contribution is 9.10. The van der Waals surface area contributed by atoms with Crippen molar-refractivity contribution in [1.82, 2.24) is 10.3 Å². The van der Waals surface area contributed by atoms with Gasteiger partial charge in [0.05, 0.1) is 25.5 Å². The lowest BCUT2D eigenvalue weighted by Crippen LogP contribution is -2.30. The van der Waals surface area contributed by atoms with Crippen molar-refractivity contribution < 1.29 is 23.8 Å². The number of thiazole rings is 1. The molecule has 3 aromatic rings. The molecule has 3 rings (SSSR count). The number of rotatable bonds is 8. The standard InChI is InChI=1S/C21H19BrN2O5S/c1-27-17-8-4-7-16(19(17)28-2)21-24-15(12-30-21)11-29-18(25)10-23-20(26)13-5-3-6-14(22)9-13/h3-9,12H,10-11H2,1-2H3,(H,23,26). The van der Waals surface area contributed by atoms with E-state index < -0.39 is 5.97 Å². The van der Waals surface area contributed by atoms with Gasteiger partial charge in [0.2, 0.25) is 0 Å². The zero-order chi connectivity index (χ0) is 21.5. The van der Waals surface area contributed by atoms with Gasteiger partial charge < -0.3 is 19.5 Å². The van der Waals surface area contributed by atoms with E-state index >= 15 is 0 Å². The molecule has 1 amide bonds. The summed E-state index contributed by atoms with van der Waals surface area (Å²) in [4.78, 5) is 28.6. The molecule has 0 saturated heterocycles. The van der Waals surface area contributed by atoms with Crippen LogP contribution in [0.1, 0.15) is 16.1 Å². The van der Waals surface area contributed by atoms with Crippen LogP contribution in [0.3, 0.4) is 0 Å². The lowest BCUT2D eigenvalue weighted by molar-refractivity contribution is -0.143. The van der Waals surface area contributed by atoms with Crippen LogP contribution in [0.4, 0.5) is 0 Å². The number of hydrogen-bond donors (Lipinski definition) is 1. The van der Waals surface area contributed by atoms with E-state index in [2.05, 4.69) is 26.2 Å². The maximum Gasteiger partial charge on any atom is 0.325 e. The predicted octanol–water partition coefficient (Wildman–Crippen LogP) is 4.06. The third kappa shape index (κ3) is 5.37. The number of para-hydroxylation sites is 1. The Morgan fingerprint density at radius 3 is 2.67 bits per heavy atom. The second-order valence-corrected chi connectivity index (χ2v) is 7.81. The van der Waals surface area contributed by atoms with Crippen LogP contribution in [0.2, 0.25) is 0 Å². The fourth-order valence-corrected chi connectivity index (χ4v) is 3.87. The Balaban J connectivity index is 1.55. The molecule has 0 atom stereocenters. The lowest BCUT2D eigenvalue weighted by Gasteiger charge is -2.10. The van der Waals surface area contributed by atoms with Crippen molar-refractivity contribution in [1.29, 1.82) is 0 Å². The summed E-state index contributed by atoms with van der Waals surface area (Å²) in [5.41, 5.74) is 1.85. The van der Waals surface area contributed by atoms with Crippen LogP contribution in [0.15, 0.2) is 52.3 Å². The highest BCUT2D eigenvalue weighted by Gasteiger charge is 2.15. The molecule has 156 valence electrons. The van der Waals surface area contributed by atoms with Gasteiger partial charge in [-0.2, -0.15) is 0 Å². The molecule has 0 radical (unpaired) electrons. The molecule has 0 aliphatic carbocycles. The first-order valence-electron chi connectivity index (χ1n) is 8.87. The number of carbonyl (C=O) groups excluding carboxylic acids is 2. The van der Waals surface area contributed by atoms with Gasteiger partial charge in [-0.25, -0.2) is 4.98 Å². The van der Waals surface area contributed by atoms with Crippen LogP contribution >= 0.6 is 27.3 Å². The Morgan fingerprint density at radius 2 is 1.93 bits per heavy atom. The quantitative estimate of drug-likeness (QED) is 0.479. The van der Waals surface area contributed by atoms with E-state index in [1.165, 1.54) is 11.3 Å². The largest absolute Gasteiger partial charge is 0.493 e. The zero-order valence-corrected chi connectivity index (χ0v) is 18.7. The molecule has 0 unspecified atom stereocenters. The Morgan fingerprint density at radius 1 is 1.13 bits per heavy atom. The minimum atomic E-state index is -0.549. The third-order valence-electron chi connectivity index (χ3n) is 4.05. The molecule has 0 bridgehead atoms. The minimum absolute atomic E-state index is 0.00831. The summed E-state index contributed by atoms with van der Waals surface area (Å²) < 4.78 is 16.8. The average molecular weight is 491 g/mol. The number of aromatic nitrogens is 1. The number of methoxy groups -OCH3 is 2. The minimum Gasteiger partial charge on any atom is -0.493 e. The summed E-state index contributed by atoms with van der Waals surface area (Å²) in [6, 6.07) is 12.4. The Kier molecular flexibility index (Phi) is 7.42. The number of ether oxygens (including phenoxy) is 3. The molecule has 1 N–H and O–H groups in total. The SMILES string of the molecule is COc1cccc(-c2nc(COC(=O)CNC(=O)c3cccc(Br)c3)cs2)c1OC. The number of halogens is 1. The molecular weight excluding hydrogens is 472 g/mol. The summed E-state index contributed by atoms with van der Waals surface area (Å²) in [5, 5.41) is 5.07. The van der Waals surface area contributed by atoms with Crippen LogP contribution in [-0.2, 0) is 16.1 Å². The molecular formula is C21H19BrN2O5S. The number of nitrogens with one attached hydrogen (secondary N) is 1. The molecule has 0 saturated carbocycles. The highest BCUT2D eigenvalue weighted by Crippen LogP contribution is 2.38. The maximum atomic E-state index is 12.1. The van der Waals surface area contributed by atoms with E-state index in [4.69, 9.17) is 14.2 Å². The number of esters is 1. The number of hydrogen-bond acceptors (Lipinski definition) is 7. The van der Waals surface area contributed by atoms with Gasteiger partial charge in [-0.1, -0.05) is 28.1 Å². The molecule has 0 fully saturated rings. The Labute approximate surface area is 186 Å². The van der Waals surface area contributed by atoms with Crippen molar-refractivity contribution in [3.05, 3.63) is 63.6 Å². The van der Waals surface area contributed by atoms with E-state index in [1.807, 2.05) is 23.6 Å². The number of nitrogens with zero attached hydrogens (tertiary/aromatic N) is 1. The molecule has 0 aliphatic rings. The first-order chi connectivity index (χ1) is 14.5. The van der Waals surface area contributed by atoms with Gasteiger partial charge >= 0.3 is 5.97 Å². The van der Waals surface area contributed by atoms with E-state index in [1.54, 1.807) is 38.5 Å². The van der Waals surface area contributed by atoms with Crippen molar-refractivity contribution in [3.8, 4) is 22.1 Å². The Bertz CT molecular complexity index is 1050. The van der Waals surface area contributed by atoms with Crippen molar-refractivity contribution in [3.63, 3.8) is 0 Å². The van der Waals surface area contributed by atoms with Crippen LogP contribution in [0.5, 0.6) is 11.5 Å². The van der Waals surface area contributed by atoms with Crippen molar-refractivity contribution in [2.75, 3.05) is 20.8 Å². The topological polar surface area (TPSA) is 86.8 Å². The smallest absolute Gasteiger partial charge is 0.325 e. The predicted molar refractivity (Wildman–Crippen MR) is 117 cm³/mol. The molecule has 7 nitrogen and oxygen atoms in total. The number of amides is 1. The number of benzene rings is 2. The van der Waals surface area contributed by atoms with Gasteiger partial charge in [-0.3, -0.25) is 9.59 Å². The lowest BCUT2D eigenvalue weighted by atomic mass is 10.2. The Hall–Kier alpha value is -2.91. The molecule has 0 spiro atoms. The summed E-state index contributed by atoms with van der Waals surface area (Å²) >= 11 is 4.71.